The highest BCUT2D eigenvalue weighted by molar-refractivity contribution is 7.47. The van der Waals surface area contributed by atoms with E-state index in [1.54, 1.807) is 0 Å². The first-order valence-corrected chi connectivity index (χ1v) is 22.6. The fraction of sp³-hybridized carbons (Fsp3) is 0.532. The van der Waals surface area contributed by atoms with Crippen molar-refractivity contribution in [1.82, 2.24) is 0 Å². The minimum atomic E-state index is -4.42. The maximum Gasteiger partial charge on any atom is 0.472 e. The van der Waals surface area contributed by atoms with E-state index in [9.17, 15) is 19.0 Å². The van der Waals surface area contributed by atoms with Gasteiger partial charge in [-0.3, -0.25) is 18.6 Å². The maximum absolute atomic E-state index is 12.5. The number of esters is 2. The summed E-state index contributed by atoms with van der Waals surface area (Å²) in [4.78, 5) is 34.8. The number of unbranched alkanes of at least 4 members (excludes halogenated alkanes) is 4. The third-order valence-corrected chi connectivity index (χ3v) is 8.88. The van der Waals surface area contributed by atoms with Crippen molar-refractivity contribution in [2.24, 2.45) is 5.73 Å². The largest absolute Gasteiger partial charge is 0.472 e. The Morgan fingerprint density at radius 2 is 1.00 bits per heavy atom. The highest BCUT2D eigenvalue weighted by Crippen LogP contribution is 2.43. The monoisotopic (exact) mass is 828 g/mol. The van der Waals surface area contributed by atoms with Gasteiger partial charge < -0.3 is 25.2 Å². The number of nitrogens with two attached hydrogens (primary N) is 1. The molecule has 0 aliphatic heterocycles. The lowest BCUT2D eigenvalue weighted by atomic mass is 10.2. The number of hydrogen-bond acceptors (Lipinski definition) is 9. The summed E-state index contributed by atoms with van der Waals surface area (Å²) in [5, 5.41) is 8.79. The van der Waals surface area contributed by atoms with Gasteiger partial charge in [-0.2, -0.15) is 0 Å². The van der Waals surface area contributed by atoms with E-state index in [1.165, 1.54) is 0 Å². The van der Waals surface area contributed by atoms with Crippen LogP contribution in [0.15, 0.2) is 122 Å². The summed E-state index contributed by atoms with van der Waals surface area (Å²) < 4.78 is 32.6. The Bertz CT molecular complexity index is 1360. The topological polar surface area (TPSA) is 155 Å². The first-order valence-electron chi connectivity index (χ1n) is 21.1. The number of allylic oxidation sites excluding steroid dienone is 20. The molecule has 0 aliphatic rings. The van der Waals surface area contributed by atoms with E-state index in [4.69, 9.17) is 29.4 Å². The molecule has 326 valence electrons. The van der Waals surface area contributed by atoms with Crippen molar-refractivity contribution in [3.05, 3.63) is 122 Å². The van der Waals surface area contributed by atoms with E-state index in [2.05, 4.69) is 110 Å². The Morgan fingerprint density at radius 3 is 1.47 bits per heavy atom. The summed E-state index contributed by atoms with van der Waals surface area (Å²) in [6.07, 6.45) is 55.5. The molecule has 0 fully saturated rings. The Kier molecular flexibility index (Phi) is 40.3. The standard InChI is InChI=1S/C47H74NO9P/c1-2-3-4-5-6-7-8-9-10-11-12-14-18-21-24-27-30-33-36-39-47(51)57-45(44-56-58(52,53)55-42-40-48)43-54-46(50)38-35-32-29-26-23-20-17-15-13-16-19-22-25-28-31-34-37-41-49/h3-4,6-7,9-10,12-14,16-17,20-22,24-26,29-30,33,45,49H,2,5,8,11,15,18-19,23,27-28,31-32,34-44,48H2,1H3,(H,52,53)/b4-3-,7-6-,10-9-,14-12-,16-13-,20-17-,24-21-,25-22-,29-26-,33-30-/t45-/m1/s1. The first kappa shape index (κ1) is 54.4. The summed E-state index contributed by atoms with van der Waals surface area (Å²) in [5.74, 6) is -1.02. The van der Waals surface area contributed by atoms with Crippen molar-refractivity contribution in [3.63, 3.8) is 0 Å². The van der Waals surface area contributed by atoms with Crippen molar-refractivity contribution in [2.75, 3.05) is 33.0 Å². The van der Waals surface area contributed by atoms with Crippen LogP contribution in [0.1, 0.15) is 122 Å². The van der Waals surface area contributed by atoms with E-state index in [0.717, 1.165) is 83.5 Å². The predicted octanol–water partition coefficient (Wildman–Crippen LogP) is 11.1. The SMILES string of the molecule is CC/C=C\C/C=C\C/C=C\C/C=C\C/C=C\C/C=C\CCC(=O)O[C@H](COC(=O)CCC/C=C\C/C=C\C/C=C\C/C=C\CCCCCO)COP(=O)(O)OCCN. The molecule has 0 heterocycles. The zero-order chi connectivity index (χ0) is 42.5. The molecule has 4 N–H and O–H groups in total. The molecule has 0 amide bonds. The molecule has 1 unspecified atom stereocenters. The van der Waals surface area contributed by atoms with Crippen molar-refractivity contribution in [1.29, 1.82) is 0 Å². The summed E-state index contributed by atoms with van der Waals surface area (Å²) in [5.41, 5.74) is 5.33. The highest BCUT2D eigenvalue weighted by Gasteiger charge is 2.25. The number of rotatable bonds is 38. The van der Waals surface area contributed by atoms with E-state index in [0.29, 0.717) is 19.3 Å². The van der Waals surface area contributed by atoms with Gasteiger partial charge >= 0.3 is 19.8 Å². The molecule has 0 aromatic carbocycles. The van der Waals surface area contributed by atoms with Crippen molar-refractivity contribution < 1.29 is 42.7 Å². The molecule has 0 saturated carbocycles. The number of ether oxygens (including phenoxy) is 2. The van der Waals surface area contributed by atoms with Crippen LogP contribution in [-0.2, 0) is 32.7 Å². The predicted molar refractivity (Wildman–Crippen MR) is 239 cm³/mol. The van der Waals surface area contributed by atoms with Gasteiger partial charge in [0.05, 0.1) is 13.2 Å². The second-order valence-electron chi connectivity index (χ2n) is 13.2. The van der Waals surface area contributed by atoms with E-state index >= 15 is 0 Å². The highest BCUT2D eigenvalue weighted by atomic mass is 31.2. The molecule has 0 radical (unpaired) electrons. The van der Waals surface area contributed by atoms with Gasteiger partial charge in [-0.1, -0.05) is 135 Å². The second kappa shape index (κ2) is 43.0. The van der Waals surface area contributed by atoms with Crippen LogP contribution >= 0.6 is 7.82 Å². The van der Waals surface area contributed by atoms with Gasteiger partial charge in [0, 0.05) is 26.0 Å². The number of aliphatic hydroxyl groups is 1. The number of hydrogen-bond donors (Lipinski definition) is 3. The molecule has 11 heteroatoms. The lowest BCUT2D eigenvalue weighted by Crippen LogP contribution is -2.29. The number of carbonyl (C=O) groups is 2. The number of carbonyl (C=O) groups excluding carboxylic acids is 2. The van der Waals surface area contributed by atoms with Gasteiger partial charge in [0.25, 0.3) is 0 Å². The summed E-state index contributed by atoms with van der Waals surface area (Å²) in [6, 6.07) is 0. The van der Waals surface area contributed by atoms with Crippen molar-refractivity contribution >= 4 is 19.8 Å². The van der Waals surface area contributed by atoms with Gasteiger partial charge in [0.15, 0.2) is 6.10 Å². The smallest absolute Gasteiger partial charge is 0.462 e. The molecule has 0 bridgehead atoms. The fourth-order valence-electron chi connectivity index (χ4n) is 4.81. The lowest BCUT2D eigenvalue weighted by Gasteiger charge is -2.19. The summed E-state index contributed by atoms with van der Waals surface area (Å²) >= 11 is 0. The Hall–Kier alpha value is -3.63. The number of aliphatic hydroxyl groups excluding tert-OH is 1. The Balaban J connectivity index is 4.42. The zero-order valence-electron chi connectivity index (χ0n) is 35.2. The maximum atomic E-state index is 12.5. The average Bonchev–Trinajstić information content (AvgIpc) is 3.21. The molecule has 0 saturated heterocycles. The minimum absolute atomic E-state index is 0.0230. The van der Waals surface area contributed by atoms with Crippen LogP contribution in [0.2, 0.25) is 0 Å². The van der Waals surface area contributed by atoms with E-state index in [1.807, 2.05) is 18.2 Å². The van der Waals surface area contributed by atoms with Crippen molar-refractivity contribution in [3.8, 4) is 0 Å². The third kappa shape index (κ3) is 42.0. The number of phosphoric ester groups is 1. The van der Waals surface area contributed by atoms with E-state index < -0.39 is 32.5 Å². The molecule has 58 heavy (non-hydrogen) atoms. The molecule has 0 aromatic heterocycles. The molecular weight excluding hydrogens is 753 g/mol. The quantitative estimate of drug-likeness (QED) is 0.0237. The first-order chi connectivity index (χ1) is 28.3. The van der Waals surface area contributed by atoms with Gasteiger partial charge in [-0.25, -0.2) is 4.57 Å². The van der Waals surface area contributed by atoms with Crippen LogP contribution in [0.5, 0.6) is 0 Å². The van der Waals surface area contributed by atoms with Crippen LogP contribution < -0.4 is 5.73 Å². The van der Waals surface area contributed by atoms with Crippen LogP contribution in [0.4, 0.5) is 0 Å². The molecular formula is C47H74NO9P. The Morgan fingerprint density at radius 1 is 0.552 bits per heavy atom. The fourth-order valence-corrected chi connectivity index (χ4v) is 5.57. The average molecular weight is 828 g/mol. The van der Waals surface area contributed by atoms with Crippen LogP contribution in [0.25, 0.3) is 0 Å². The van der Waals surface area contributed by atoms with Crippen LogP contribution in [-0.4, -0.2) is 61.0 Å². The molecule has 0 spiro atoms. The van der Waals surface area contributed by atoms with Crippen LogP contribution in [0.3, 0.4) is 0 Å². The van der Waals surface area contributed by atoms with Gasteiger partial charge in [-0.05, 0) is 96.3 Å². The summed E-state index contributed by atoms with van der Waals surface area (Å²) in [6.45, 7) is 1.43. The van der Waals surface area contributed by atoms with E-state index in [-0.39, 0.29) is 39.2 Å². The molecule has 0 rings (SSSR count). The molecule has 10 nitrogen and oxygen atoms in total. The van der Waals surface area contributed by atoms with Gasteiger partial charge in [0.1, 0.15) is 6.61 Å². The molecule has 0 aliphatic carbocycles. The second-order valence-corrected chi connectivity index (χ2v) is 14.6. The van der Waals surface area contributed by atoms with Crippen molar-refractivity contribution in [2.45, 2.75) is 129 Å². The summed E-state index contributed by atoms with van der Waals surface area (Å²) in [7, 11) is -4.42. The zero-order valence-corrected chi connectivity index (χ0v) is 36.1. The van der Waals surface area contributed by atoms with Gasteiger partial charge in [-0.15, -0.1) is 0 Å². The minimum Gasteiger partial charge on any atom is -0.462 e. The Labute approximate surface area is 350 Å². The van der Waals surface area contributed by atoms with Gasteiger partial charge in [0.2, 0.25) is 0 Å². The molecule has 0 aromatic rings. The molecule has 2 atom stereocenters. The third-order valence-electron chi connectivity index (χ3n) is 7.90. The van der Waals surface area contributed by atoms with Crippen LogP contribution in [0, 0.1) is 0 Å². The lowest BCUT2D eigenvalue weighted by molar-refractivity contribution is -0.161. The normalized spacial score (nSPS) is 14.5. The number of phosphoric acid groups is 1.